The number of halogens is 2. The number of H-pyrrole nitrogens is 1. The van der Waals surface area contributed by atoms with Gasteiger partial charge in [0.1, 0.15) is 15.6 Å². The lowest BCUT2D eigenvalue weighted by molar-refractivity contribution is 0.0622. The van der Waals surface area contributed by atoms with Gasteiger partial charge in [-0.2, -0.15) is 0 Å². The highest BCUT2D eigenvalue weighted by Gasteiger charge is 2.23. The highest BCUT2D eigenvalue weighted by Crippen LogP contribution is 2.21. The Labute approximate surface area is 204 Å². The molecule has 0 unspecified atom stereocenters. The second-order valence-electron chi connectivity index (χ2n) is 7.53. The fourth-order valence-corrected chi connectivity index (χ4v) is 4.81. The fraction of sp³-hybridized carbons (Fsp3) is 0.273. The number of pyridine rings is 1. The van der Waals surface area contributed by atoms with E-state index < -0.39 is 0 Å². The minimum atomic E-state index is -0.292. The highest BCUT2D eigenvalue weighted by atomic mass is 35.5. The number of carbonyl (C=O) groups excluding carboxylic acids is 2. The number of thiazole rings is 1. The summed E-state index contributed by atoms with van der Waals surface area (Å²) in [7, 11) is 0. The molecule has 1 aliphatic heterocycles. The summed E-state index contributed by atoms with van der Waals surface area (Å²) in [5.41, 5.74) is 0.789. The average Bonchev–Trinajstić information content (AvgIpc) is 3.27. The second kappa shape index (κ2) is 10.5. The summed E-state index contributed by atoms with van der Waals surface area (Å²) in [6.07, 6.45) is 1.57. The van der Waals surface area contributed by atoms with E-state index in [9.17, 15) is 14.4 Å². The zero-order valence-corrected chi connectivity index (χ0v) is 19.8. The number of hydrogen-bond donors (Lipinski definition) is 2. The Balaban J connectivity index is 1.27. The number of aromatic amines is 1. The number of benzene rings is 1. The lowest BCUT2D eigenvalue weighted by atomic mass is 10.2. The Hall–Kier alpha value is -2.72. The van der Waals surface area contributed by atoms with E-state index in [1.807, 2.05) is 0 Å². The zero-order valence-electron chi connectivity index (χ0n) is 17.5. The maximum atomic E-state index is 12.6. The smallest absolute Gasteiger partial charge is 0.270 e. The molecule has 0 aliphatic carbocycles. The third kappa shape index (κ3) is 6.00. The van der Waals surface area contributed by atoms with Crippen LogP contribution in [0.2, 0.25) is 10.0 Å². The Bertz CT molecular complexity index is 1220. The summed E-state index contributed by atoms with van der Waals surface area (Å²) < 4.78 is 0. The van der Waals surface area contributed by atoms with Gasteiger partial charge < -0.3 is 15.2 Å². The van der Waals surface area contributed by atoms with Crippen molar-refractivity contribution in [2.75, 3.05) is 26.2 Å². The Morgan fingerprint density at radius 2 is 1.91 bits per heavy atom. The summed E-state index contributed by atoms with van der Waals surface area (Å²) >= 11 is 13.4. The standard InChI is InChI=1S/C22H21Cl2N5O3S/c23-15-5-4-14(16(24)10-15)11-26-21(31)18-12-25-20(33-18)13-28-6-8-29(9-7-28)22(32)17-2-1-3-19(30)27-17/h1-5,10,12H,6-9,11,13H2,(H,26,31)(H,27,30). The Morgan fingerprint density at radius 1 is 1.12 bits per heavy atom. The molecule has 1 saturated heterocycles. The number of rotatable bonds is 6. The molecule has 0 atom stereocenters. The van der Waals surface area contributed by atoms with Crippen LogP contribution in [0.25, 0.3) is 0 Å². The number of carbonyl (C=O) groups is 2. The van der Waals surface area contributed by atoms with Crippen molar-refractivity contribution in [3.8, 4) is 0 Å². The molecule has 0 radical (unpaired) electrons. The van der Waals surface area contributed by atoms with Gasteiger partial charge in [0.15, 0.2) is 0 Å². The van der Waals surface area contributed by atoms with Gasteiger partial charge in [0.05, 0.1) is 12.7 Å². The predicted octanol–water partition coefficient (Wildman–Crippen LogP) is 3.03. The predicted molar refractivity (Wildman–Crippen MR) is 128 cm³/mol. The molecule has 3 aromatic rings. The van der Waals surface area contributed by atoms with Crippen LogP contribution < -0.4 is 10.9 Å². The molecule has 2 aromatic heterocycles. The molecule has 1 aromatic carbocycles. The highest BCUT2D eigenvalue weighted by molar-refractivity contribution is 7.13. The molecule has 2 N–H and O–H groups in total. The van der Waals surface area contributed by atoms with Gasteiger partial charge in [-0.25, -0.2) is 4.98 Å². The van der Waals surface area contributed by atoms with Gasteiger partial charge in [-0.05, 0) is 23.8 Å². The number of hydrogen-bond acceptors (Lipinski definition) is 6. The molecule has 2 amide bonds. The largest absolute Gasteiger partial charge is 0.347 e. The molecule has 1 aliphatic rings. The first kappa shape index (κ1) is 23.4. The molecule has 11 heteroatoms. The first-order valence-electron chi connectivity index (χ1n) is 10.3. The molecule has 8 nitrogen and oxygen atoms in total. The van der Waals surface area contributed by atoms with Crippen molar-refractivity contribution in [3.05, 3.63) is 84.1 Å². The van der Waals surface area contributed by atoms with Gasteiger partial charge in [0.2, 0.25) is 5.56 Å². The number of aromatic nitrogens is 2. The maximum Gasteiger partial charge on any atom is 0.270 e. The van der Waals surface area contributed by atoms with Crippen molar-refractivity contribution >= 4 is 46.4 Å². The SMILES string of the molecule is O=C(NCc1ccc(Cl)cc1Cl)c1cnc(CN2CCN(C(=O)c3cccc(=O)[nH]3)CC2)s1. The van der Waals surface area contributed by atoms with Crippen LogP contribution in [0.5, 0.6) is 0 Å². The Morgan fingerprint density at radius 3 is 2.64 bits per heavy atom. The zero-order chi connectivity index (χ0) is 23.4. The van der Waals surface area contributed by atoms with Crippen LogP contribution in [0.4, 0.5) is 0 Å². The van der Waals surface area contributed by atoms with Crippen molar-refractivity contribution in [3.63, 3.8) is 0 Å². The van der Waals surface area contributed by atoms with Crippen LogP contribution in [-0.2, 0) is 13.1 Å². The van der Waals surface area contributed by atoms with Gasteiger partial charge in [-0.3, -0.25) is 19.3 Å². The van der Waals surface area contributed by atoms with Gasteiger partial charge in [-0.15, -0.1) is 11.3 Å². The molecular weight excluding hydrogens is 485 g/mol. The normalized spacial score (nSPS) is 14.3. The van der Waals surface area contributed by atoms with Gasteiger partial charge in [-0.1, -0.05) is 35.3 Å². The van der Waals surface area contributed by atoms with Crippen molar-refractivity contribution in [1.29, 1.82) is 0 Å². The van der Waals surface area contributed by atoms with Gasteiger partial charge >= 0.3 is 0 Å². The quantitative estimate of drug-likeness (QED) is 0.536. The topological polar surface area (TPSA) is 98.4 Å². The fourth-order valence-electron chi connectivity index (χ4n) is 3.46. The lowest BCUT2D eigenvalue weighted by Crippen LogP contribution is -2.48. The minimum Gasteiger partial charge on any atom is -0.347 e. The van der Waals surface area contributed by atoms with Crippen LogP contribution in [-0.4, -0.2) is 57.8 Å². The third-order valence-electron chi connectivity index (χ3n) is 5.25. The number of piperazine rings is 1. The molecule has 3 heterocycles. The van der Waals surface area contributed by atoms with Crippen molar-refractivity contribution in [2.45, 2.75) is 13.1 Å². The van der Waals surface area contributed by atoms with E-state index in [1.165, 1.54) is 17.4 Å². The van der Waals surface area contributed by atoms with Crippen LogP contribution in [0, 0.1) is 0 Å². The van der Waals surface area contributed by atoms with E-state index in [0.717, 1.165) is 10.6 Å². The van der Waals surface area contributed by atoms with Crippen LogP contribution in [0.3, 0.4) is 0 Å². The van der Waals surface area contributed by atoms with Crippen molar-refractivity contribution in [1.82, 2.24) is 25.1 Å². The van der Waals surface area contributed by atoms with Crippen molar-refractivity contribution in [2.24, 2.45) is 0 Å². The minimum absolute atomic E-state index is 0.179. The van der Waals surface area contributed by atoms with E-state index in [2.05, 4.69) is 20.2 Å². The first-order valence-corrected chi connectivity index (χ1v) is 11.8. The summed E-state index contributed by atoms with van der Waals surface area (Å²) in [6.45, 7) is 3.36. The molecule has 172 valence electrons. The van der Waals surface area contributed by atoms with Crippen LogP contribution >= 0.6 is 34.5 Å². The number of amides is 2. The molecule has 1 fully saturated rings. The monoisotopic (exact) mass is 505 g/mol. The van der Waals surface area contributed by atoms with E-state index in [1.54, 1.807) is 41.4 Å². The van der Waals surface area contributed by atoms with E-state index >= 15 is 0 Å². The number of nitrogens with zero attached hydrogens (tertiary/aromatic N) is 3. The molecule has 4 rings (SSSR count). The lowest BCUT2D eigenvalue weighted by Gasteiger charge is -2.34. The summed E-state index contributed by atoms with van der Waals surface area (Å²) in [6, 6.07) is 9.71. The maximum absolute atomic E-state index is 12.6. The first-order chi connectivity index (χ1) is 15.9. The molecular formula is C22H21Cl2N5O3S. The van der Waals surface area contributed by atoms with Gasteiger partial charge in [0.25, 0.3) is 11.8 Å². The van der Waals surface area contributed by atoms with Crippen molar-refractivity contribution < 1.29 is 9.59 Å². The summed E-state index contributed by atoms with van der Waals surface area (Å²) in [5, 5.41) is 4.73. The van der Waals surface area contributed by atoms with Crippen LogP contribution in [0.15, 0.2) is 47.4 Å². The molecule has 0 spiro atoms. The number of nitrogens with one attached hydrogen (secondary N) is 2. The molecule has 0 bridgehead atoms. The van der Waals surface area contributed by atoms with Gasteiger partial charge in [0, 0.05) is 48.8 Å². The summed E-state index contributed by atoms with van der Waals surface area (Å²) in [5.74, 6) is -0.390. The van der Waals surface area contributed by atoms with E-state index in [4.69, 9.17) is 23.2 Å². The molecule has 0 saturated carbocycles. The average molecular weight is 506 g/mol. The molecule has 33 heavy (non-hydrogen) atoms. The third-order valence-corrected chi connectivity index (χ3v) is 6.82. The second-order valence-corrected chi connectivity index (χ2v) is 9.49. The summed E-state index contributed by atoms with van der Waals surface area (Å²) in [4.78, 5) is 47.9. The Kier molecular flexibility index (Phi) is 7.44. The van der Waals surface area contributed by atoms with E-state index in [0.29, 0.717) is 59.9 Å². The van der Waals surface area contributed by atoms with E-state index in [-0.39, 0.29) is 17.4 Å². The van der Waals surface area contributed by atoms with Crippen LogP contribution in [0.1, 0.15) is 30.7 Å².